The van der Waals surface area contributed by atoms with E-state index >= 15 is 0 Å². The highest BCUT2D eigenvalue weighted by atomic mass is 32.2. The lowest BCUT2D eigenvalue weighted by Crippen LogP contribution is -2.03. The molecule has 0 unspecified atom stereocenters. The van der Waals surface area contributed by atoms with Gasteiger partial charge in [0, 0.05) is 6.42 Å². The molecule has 0 aromatic rings. The van der Waals surface area contributed by atoms with Crippen LogP contribution in [0.3, 0.4) is 0 Å². The van der Waals surface area contributed by atoms with E-state index in [1.165, 1.54) is 51.4 Å². The van der Waals surface area contributed by atoms with Gasteiger partial charge in [-0.25, -0.2) is 0 Å². The molecule has 0 aliphatic heterocycles. The van der Waals surface area contributed by atoms with Gasteiger partial charge in [0.15, 0.2) is 0 Å². The van der Waals surface area contributed by atoms with Crippen molar-refractivity contribution in [3.63, 3.8) is 0 Å². The third-order valence-corrected chi connectivity index (χ3v) is 4.29. The SMILES string of the molecule is CCCCCCCCCCCC(=O)CSC(C)C. The van der Waals surface area contributed by atoms with Crippen LogP contribution in [0, 0.1) is 0 Å². The van der Waals surface area contributed by atoms with Crippen LogP contribution in [-0.2, 0) is 4.79 Å². The van der Waals surface area contributed by atoms with Crippen molar-refractivity contribution in [2.45, 2.75) is 90.2 Å². The van der Waals surface area contributed by atoms with E-state index in [1.54, 1.807) is 11.8 Å². The Balaban J connectivity index is 3.12. The smallest absolute Gasteiger partial charge is 0.142 e. The van der Waals surface area contributed by atoms with E-state index in [0.29, 0.717) is 16.8 Å². The molecule has 2 heteroatoms. The van der Waals surface area contributed by atoms with Crippen molar-refractivity contribution in [2.75, 3.05) is 5.75 Å². The highest BCUT2D eigenvalue weighted by molar-refractivity contribution is 8.00. The lowest BCUT2D eigenvalue weighted by molar-refractivity contribution is -0.116. The predicted octanol–water partition coefficient (Wildman–Crippen LogP) is 5.62. The van der Waals surface area contributed by atoms with Gasteiger partial charge in [0.2, 0.25) is 0 Å². The Labute approximate surface area is 118 Å². The third kappa shape index (κ3) is 14.1. The zero-order valence-corrected chi connectivity index (χ0v) is 13.5. The maximum absolute atomic E-state index is 11.5. The quantitative estimate of drug-likeness (QED) is 0.405. The average molecular weight is 272 g/mol. The Hall–Kier alpha value is 0.0200. The fourth-order valence-electron chi connectivity index (χ4n) is 1.96. The number of hydrogen-bond donors (Lipinski definition) is 0. The Morgan fingerprint density at radius 1 is 0.889 bits per heavy atom. The minimum absolute atomic E-state index is 0.441. The van der Waals surface area contributed by atoms with E-state index in [9.17, 15) is 4.79 Å². The molecule has 1 nitrogen and oxygen atoms in total. The van der Waals surface area contributed by atoms with Gasteiger partial charge in [0.1, 0.15) is 5.78 Å². The molecule has 0 saturated carbocycles. The number of carbonyl (C=O) groups excluding carboxylic acids is 1. The molecular weight excluding hydrogens is 240 g/mol. The third-order valence-electron chi connectivity index (χ3n) is 3.14. The van der Waals surface area contributed by atoms with Crippen molar-refractivity contribution in [2.24, 2.45) is 0 Å². The second-order valence-corrected chi connectivity index (χ2v) is 7.04. The van der Waals surface area contributed by atoms with Crippen LogP contribution < -0.4 is 0 Å². The number of rotatable bonds is 13. The number of hydrogen-bond acceptors (Lipinski definition) is 2. The van der Waals surface area contributed by atoms with E-state index in [0.717, 1.165) is 12.8 Å². The molecule has 0 rings (SSSR count). The predicted molar refractivity (Wildman–Crippen MR) is 84.4 cm³/mol. The topological polar surface area (TPSA) is 17.1 Å². The summed E-state index contributed by atoms with van der Waals surface area (Å²) in [5.41, 5.74) is 0. The van der Waals surface area contributed by atoms with Crippen molar-refractivity contribution in [3.8, 4) is 0 Å². The van der Waals surface area contributed by atoms with Gasteiger partial charge in [-0.05, 0) is 11.7 Å². The van der Waals surface area contributed by atoms with E-state index in [-0.39, 0.29) is 0 Å². The first-order chi connectivity index (χ1) is 8.66. The number of ketones is 1. The van der Waals surface area contributed by atoms with E-state index in [1.807, 2.05) is 0 Å². The molecule has 0 spiro atoms. The fourth-order valence-corrected chi connectivity index (χ4v) is 2.63. The maximum atomic E-state index is 11.5. The molecule has 0 heterocycles. The number of carbonyl (C=O) groups is 1. The molecule has 0 atom stereocenters. The number of unbranched alkanes of at least 4 members (excludes halogenated alkanes) is 8. The second kappa shape index (κ2) is 13.5. The monoisotopic (exact) mass is 272 g/mol. The van der Waals surface area contributed by atoms with Crippen LogP contribution in [0.25, 0.3) is 0 Å². The van der Waals surface area contributed by atoms with Crippen molar-refractivity contribution in [1.82, 2.24) is 0 Å². The van der Waals surface area contributed by atoms with Gasteiger partial charge in [0.05, 0.1) is 5.75 Å². The normalized spacial score (nSPS) is 11.1. The summed E-state index contributed by atoms with van der Waals surface area (Å²) in [6.07, 6.45) is 12.7. The van der Waals surface area contributed by atoms with Crippen molar-refractivity contribution in [3.05, 3.63) is 0 Å². The van der Waals surface area contributed by atoms with Crippen LogP contribution in [0.4, 0.5) is 0 Å². The summed E-state index contributed by atoms with van der Waals surface area (Å²) in [6, 6.07) is 0. The molecule has 0 aromatic carbocycles. The molecule has 0 saturated heterocycles. The highest BCUT2D eigenvalue weighted by Gasteiger charge is 2.03. The van der Waals surface area contributed by atoms with Gasteiger partial charge in [-0.15, -0.1) is 0 Å². The van der Waals surface area contributed by atoms with E-state index in [4.69, 9.17) is 0 Å². The first-order valence-corrected chi connectivity index (χ1v) is 8.85. The molecule has 0 aliphatic rings. The lowest BCUT2D eigenvalue weighted by atomic mass is 10.1. The molecule has 0 aliphatic carbocycles. The van der Waals surface area contributed by atoms with Gasteiger partial charge < -0.3 is 0 Å². The van der Waals surface area contributed by atoms with Gasteiger partial charge in [0.25, 0.3) is 0 Å². The molecule has 0 amide bonds. The average Bonchev–Trinajstić information content (AvgIpc) is 2.34. The Morgan fingerprint density at radius 3 is 1.89 bits per heavy atom. The molecule has 108 valence electrons. The Morgan fingerprint density at radius 2 is 1.39 bits per heavy atom. The molecule has 0 bridgehead atoms. The summed E-state index contributed by atoms with van der Waals surface area (Å²) in [6.45, 7) is 6.56. The molecule has 0 N–H and O–H groups in total. The number of Topliss-reactive ketones (excluding diaryl/α,β-unsaturated/α-hetero) is 1. The first kappa shape index (κ1) is 18.0. The molecular formula is C16H32OS. The standard InChI is InChI=1S/C16H32OS/c1-4-5-6-7-8-9-10-11-12-13-16(17)14-18-15(2)3/h15H,4-14H2,1-3H3. The van der Waals surface area contributed by atoms with Gasteiger partial charge in [-0.2, -0.15) is 11.8 Å². The zero-order chi connectivity index (χ0) is 13.6. The Bertz CT molecular complexity index is 190. The summed E-state index contributed by atoms with van der Waals surface area (Å²) in [5, 5.41) is 0.581. The van der Waals surface area contributed by atoms with Crippen molar-refractivity contribution < 1.29 is 4.79 Å². The van der Waals surface area contributed by atoms with Crippen LogP contribution in [0.2, 0.25) is 0 Å². The summed E-state index contributed by atoms with van der Waals surface area (Å²) in [7, 11) is 0. The van der Waals surface area contributed by atoms with Gasteiger partial charge >= 0.3 is 0 Å². The molecule has 0 radical (unpaired) electrons. The molecule has 18 heavy (non-hydrogen) atoms. The fraction of sp³-hybridized carbons (Fsp3) is 0.938. The van der Waals surface area contributed by atoms with Gasteiger partial charge in [-0.1, -0.05) is 72.1 Å². The number of thioether (sulfide) groups is 1. The summed E-state index contributed by atoms with van der Waals surface area (Å²) >= 11 is 1.77. The molecule has 0 fully saturated rings. The summed E-state index contributed by atoms with van der Waals surface area (Å²) < 4.78 is 0. The van der Waals surface area contributed by atoms with Crippen LogP contribution in [0.1, 0.15) is 85.0 Å². The van der Waals surface area contributed by atoms with Crippen LogP contribution in [-0.4, -0.2) is 16.8 Å². The minimum Gasteiger partial charge on any atom is -0.299 e. The van der Waals surface area contributed by atoms with Crippen molar-refractivity contribution in [1.29, 1.82) is 0 Å². The second-order valence-electron chi connectivity index (χ2n) is 5.48. The van der Waals surface area contributed by atoms with E-state index in [2.05, 4.69) is 20.8 Å². The first-order valence-electron chi connectivity index (χ1n) is 7.80. The summed E-state index contributed by atoms with van der Waals surface area (Å²) in [5.74, 6) is 1.16. The van der Waals surface area contributed by atoms with Crippen molar-refractivity contribution >= 4 is 17.5 Å². The van der Waals surface area contributed by atoms with Gasteiger partial charge in [-0.3, -0.25) is 4.79 Å². The lowest BCUT2D eigenvalue weighted by Gasteiger charge is -2.04. The van der Waals surface area contributed by atoms with Crippen LogP contribution in [0.5, 0.6) is 0 Å². The summed E-state index contributed by atoms with van der Waals surface area (Å²) in [4.78, 5) is 11.5. The van der Waals surface area contributed by atoms with Crippen LogP contribution in [0.15, 0.2) is 0 Å². The zero-order valence-electron chi connectivity index (χ0n) is 12.7. The minimum atomic E-state index is 0.441. The largest absolute Gasteiger partial charge is 0.299 e. The Kier molecular flexibility index (Phi) is 13.5. The van der Waals surface area contributed by atoms with Crippen LogP contribution >= 0.6 is 11.8 Å². The highest BCUT2D eigenvalue weighted by Crippen LogP contribution is 2.13. The van der Waals surface area contributed by atoms with E-state index < -0.39 is 0 Å². The molecule has 0 aromatic heterocycles. The maximum Gasteiger partial charge on any atom is 0.142 e.